The Labute approximate surface area is 121 Å². The van der Waals surface area contributed by atoms with Crippen LogP contribution in [0.2, 0.25) is 0 Å². The van der Waals surface area contributed by atoms with Crippen LogP contribution in [-0.2, 0) is 12.8 Å². The first kappa shape index (κ1) is 13.5. The van der Waals surface area contributed by atoms with E-state index in [0.29, 0.717) is 6.04 Å². The zero-order valence-corrected chi connectivity index (χ0v) is 13.3. The number of nitrogens with zero attached hydrogens (tertiary/aromatic N) is 3. The second-order valence-electron chi connectivity index (χ2n) is 6.93. The van der Waals surface area contributed by atoms with Crippen molar-refractivity contribution in [2.45, 2.75) is 64.2 Å². The third kappa shape index (κ3) is 2.03. The Hall–Kier alpha value is -0.510. The van der Waals surface area contributed by atoms with Crippen LogP contribution in [0.5, 0.6) is 0 Å². The van der Waals surface area contributed by atoms with Gasteiger partial charge < -0.3 is 0 Å². The molecule has 0 spiro atoms. The van der Waals surface area contributed by atoms with Gasteiger partial charge in [-0.05, 0) is 57.3 Å². The molecule has 1 heterocycles. The molecule has 1 aromatic rings. The van der Waals surface area contributed by atoms with Crippen molar-refractivity contribution in [3.8, 4) is 0 Å². The minimum atomic E-state index is 0.276. The molecule has 0 radical (unpaired) electrons. The van der Waals surface area contributed by atoms with E-state index in [1.165, 1.54) is 24.2 Å². The van der Waals surface area contributed by atoms with Gasteiger partial charge in [-0.25, -0.2) is 4.68 Å². The van der Waals surface area contributed by atoms with E-state index in [-0.39, 0.29) is 4.75 Å². The number of fused-ring (bicyclic) bond motifs is 2. The average molecular weight is 279 g/mol. The minimum absolute atomic E-state index is 0.276. The maximum atomic E-state index is 5.05. The van der Waals surface area contributed by atoms with Crippen molar-refractivity contribution in [2.75, 3.05) is 0 Å². The van der Waals surface area contributed by atoms with Gasteiger partial charge in [0.2, 0.25) is 0 Å². The van der Waals surface area contributed by atoms with Crippen molar-refractivity contribution in [3.63, 3.8) is 0 Å². The largest absolute Gasteiger partial charge is 0.247 e. The Balaban J connectivity index is 1.85. The van der Waals surface area contributed by atoms with Gasteiger partial charge in [-0.2, -0.15) is 12.6 Å². The van der Waals surface area contributed by atoms with Crippen LogP contribution in [-0.4, -0.2) is 19.7 Å². The topological polar surface area (TPSA) is 30.7 Å². The molecule has 0 aromatic carbocycles. The number of hydrogen-bond acceptors (Lipinski definition) is 3. The first-order valence-corrected chi connectivity index (χ1v) is 8.05. The number of aromatic nitrogens is 3. The third-order valence-electron chi connectivity index (χ3n) is 5.08. The van der Waals surface area contributed by atoms with Crippen LogP contribution in [0.3, 0.4) is 0 Å². The van der Waals surface area contributed by atoms with Crippen molar-refractivity contribution in [1.29, 1.82) is 0 Å². The maximum Gasteiger partial charge on any atom is 0.0859 e. The molecular weight excluding hydrogens is 254 g/mol. The van der Waals surface area contributed by atoms with Crippen LogP contribution < -0.4 is 0 Å². The molecule has 0 N–H and O–H groups in total. The van der Waals surface area contributed by atoms with E-state index in [1.807, 2.05) is 0 Å². The molecule has 0 saturated heterocycles. The van der Waals surface area contributed by atoms with Crippen molar-refractivity contribution in [1.82, 2.24) is 15.0 Å². The number of thiol groups is 1. The molecule has 1 aromatic heterocycles. The van der Waals surface area contributed by atoms with Crippen molar-refractivity contribution in [3.05, 3.63) is 11.4 Å². The summed E-state index contributed by atoms with van der Waals surface area (Å²) in [5.74, 6) is 2.33. The standard InChI is InChI=1S/C15H25N3S/c1-9(2)14-11-5-6-12-13(7-8-15(11,14)19)18(10(3)4)17-16-12/h9-11,14,19H,5-8H2,1-4H3. The molecule has 3 unspecified atom stereocenters. The zero-order chi connectivity index (χ0) is 13.8. The second kappa shape index (κ2) is 4.51. The quantitative estimate of drug-likeness (QED) is 0.842. The Morgan fingerprint density at radius 3 is 2.63 bits per heavy atom. The van der Waals surface area contributed by atoms with Gasteiger partial charge in [-0.1, -0.05) is 19.1 Å². The van der Waals surface area contributed by atoms with E-state index in [9.17, 15) is 0 Å². The molecule has 2 aliphatic carbocycles. The van der Waals surface area contributed by atoms with E-state index in [2.05, 4.69) is 42.7 Å². The monoisotopic (exact) mass is 279 g/mol. The van der Waals surface area contributed by atoms with Crippen LogP contribution in [0.1, 0.15) is 58.0 Å². The number of hydrogen-bond donors (Lipinski definition) is 1. The molecule has 3 rings (SSSR count). The lowest BCUT2D eigenvalue weighted by Crippen LogP contribution is -2.15. The van der Waals surface area contributed by atoms with Gasteiger partial charge in [-0.3, -0.25) is 0 Å². The van der Waals surface area contributed by atoms with Crippen LogP contribution in [0, 0.1) is 17.8 Å². The third-order valence-corrected chi connectivity index (χ3v) is 5.93. The summed E-state index contributed by atoms with van der Waals surface area (Å²) < 4.78 is 2.39. The summed E-state index contributed by atoms with van der Waals surface area (Å²) in [7, 11) is 0. The summed E-state index contributed by atoms with van der Waals surface area (Å²) in [4.78, 5) is 0. The molecule has 3 atom stereocenters. The van der Waals surface area contributed by atoms with Gasteiger partial charge in [-0.15, -0.1) is 5.10 Å². The average Bonchev–Trinajstić information content (AvgIpc) is 2.71. The summed E-state index contributed by atoms with van der Waals surface area (Å²) in [6, 6.07) is 0.405. The van der Waals surface area contributed by atoms with E-state index >= 15 is 0 Å². The van der Waals surface area contributed by atoms with E-state index in [1.54, 1.807) is 0 Å². The van der Waals surface area contributed by atoms with Gasteiger partial charge in [0.25, 0.3) is 0 Å². The lowest BCUT2D eigenvalue weighted by Gasteiger charge is -2.17. The van der Waals surface area contributed by atoms with Gasteiger partial charge in [0.05, 0.1) is 11.4 Å². The molecule has 1 saturated carbocycles. The van der Waals surface area contributed by atoms with Gasteiger partial charge >= 0.3 is 0 Å². The highest BCUT2D eigenvalue weighted by Gasteiger charge is 2.62. The fourth-order valence-electron chi connectivity index (χ4n) is 4.18. The second-order valence-corrected chi connectivity index (χ2v) is 7.76. The Morgan fingerprint density at radius 2 is 2.00 bits per heavy atom. The van der Waals surface area contributed by atoms with Crippen LogP contribution in [0.15, 0.2) is 0 Å². The Bertz CT molecular complexity index is 480. The fourth-order valence-corrected chi connectivity index (χ4v) is 4.99. The van der Waals surface area contributed by atoms with Crippen molar-refractivity contribution in [2.24, 2.45) is 17.8 Å². The van der Waals surface area contributed by atoms with Crippen molar-refractivity contribution >= 4 is 12.6 Å². The molecule has 3 nitrogen and oxygen atoms in total. The molecule has 4 heteroatoms. The zero-order valence-electron chi connectivity index (χ0n) is 12.4. The van der Waals surface area contributed by atoms with Crippen LogP contribution >= 0.6 is 12.6 Å². The van der Waals surface area contributed by atoms with E-state index in [4.69, 9.17) is 12.6 Å². The minimum Gasteiger partial charge on any atom is -0.247 e. The van der Waals surface area contributed by atoms with Crippen LogP contribution in [0.4, 0.5) is 0 Å². The molecule has 106 valence electrons. The highest BCUT2D eigenvalue weighted by atomic mass is 32.1. The summed E-state index contributed by atoms with van der Waals surface area (Å²) >= 11 is 5.05. The predicted molar refractivity (Wildman–Crippen MR) is 80.6 cm³/mol. The number of rotatable bonds is 2. The molecule has 0 bridgehead atoms. The predicted octanol–water partition coefficient (Wildman–Crippen LogP) is 3.31. The Morgan fingerprint density at radius 1 is 1.26 bits per heavy atom. The normalized spacial score (nSPS) is 33.8. The molecule has 0 amide bonds. The van der Waals surface area contributed by atoms with Gasteiger partial charge in [0, 0.05) is 10.8 Å². The first-order chi connectivity index (χ1) is 8.95. The highest BCUT2D eigenvalue weighted by molar-refractivity contribution is 7.82. The summed E-state index contributed by atoms with van der Waals surface area (Å²) in [5.41, 5.74) is 2.59. The van der Waals surface area contributed by atoms with E-state index < -0.39 is 0 Å². The maximum absolute atomic E-state index is 5.05. The van der Waals surface area contributed by atoms with Crippen LogP contribution in [0.25, 0.3) is 0 Å². The molecule has 0 aliphatic heterocycles. The molecule has 19 heavy (non-hydrogen) atoms. The SMILES string of the molecule is CC(C)C1C2CCc3nnn(C(C)C)c3CCC21S. The number of aryl methyl sites for hydroxylation is 1. The smallest absolute Gasteiger partial charge is 0.0859 e. The Kier molecular flexibility index (Phi) is 3.19. The van der Waals surface area contributed by atoms with Gasteiger partial charge in [0.1, 0.15) is 0 Å². The highest BCUT2D eigenvalue weighted by Crippen LogP contribution is 2.63. The molecule has 2 aliphatic rings. The lowest BCUT2D eigenvalue weighted by molar-refractivity contribution is 0.480. The summed E-state index contributed by atoms with van der Waals surface area (Å²) in [5, 5.41) is 8.75. The lowest BCUT2D eigenvalue weighted by atomic mass is 10.0. The first-order valence-electron chi connectivity index (χ1n) is 7.60. The summed E-state index contributed by atoms with van der Waals surface area (Å²) in [6.07, 6.45) is 4.58. The summed E-state index contributed by atoms with van der Waals surface area (Å²) in [6.45, 7) is 9.05. The fraction of sp³-hybridized carbons (Fsp3) is 0.867. The van der Waals surface area contributed by atoms with Gasteiger partial charge in [0.15, 0.2) is 0 Å². The molecule has 1 fully saturated rings. The molecular formula is C15H25N3S. The van der Waals surface area contributed by atoms with E-state index in [0.717, 1.165) is 30.6 Å². The van der Waals surface area contributed by atoms with Crippen molar-refractivity contribution < 1.29 is 0 Å².